The van der Waals surface area contributed by atoms with E-state index in [9.17, 15) is 26.3 Å². The summed E-state index contributed by atoms with van der Waals surface area (Å²) in [6, 6.07) is 4.77. The molecule has 3 atom stereocenters. The van der Waals surface area contributed by atoms with Crippen LogP contribution in [0.4, 0.5) is 26.3 Å². The molecule has 0 aromatic carbocycles. The largest absolute Gasteiger partial charge is 0.490 e. The summed E-state index contributed by atoms with van der Waals surface area (Å²) < 4.78 is 71.9. The molecule has 2 aliphatic rings. The first kappa shape index (κ1) is 28.6. The predicted octanol–water partition coefficient (Wildman–Crippen LogP) is 3.89. The van der Waals surface area contributed by atoms with Gasteiger partial charge in [-0.25, -0.2) is 14.6 Å². The van der Waals surface area contributed by atoms with Gasteiger partial charge in [0.05, 0.1) is 19.3 Å². The first-order valence-electron chi connectivity index (χ1n) is 10.2. The van der Waals surface area contributed by atoms with Gasteiger partial charge in [0.15, 0.2) is 0 Å². The van der Waals surface area contributed by atoms with Crippen LogP contribution in [0.2, 0.25) is 0 Å². The highest BCUT2D eigenvalue weighted by Gasteiger charge is 2.42. The number of halogens is 6. The number of aliphatic carboxylic acids is 2. The van der Waals surface area contributed by atoms with Crippen molar-refractivity contribution in [3.63, 3.8) is 0 Å². The maximum absolute atomic E-state index is 10.6. The molecule has 3 unspecified atom stereocenters. The molecule has 2 N–H and O–H groups in total. The van der Waals surface area contributed by atoms with Crippen LogP contribution < -0.4 is 0 Å². The Morgan fingerprint density at radius 1 is 1.06 bits per heavy atom. The van der Waals surface area contributed by atoms with Crippen LogP contribution in [0.25, 0.3) is 0 Å². The highest BCUT2D eigenvalue weighted by Crippen LogP contribution is 2.36. The van der Waals surface area contributed by atoms with Gasteiger partial charge in [0.25, 0.3) is 0 Å². The molecule has 3 heterocycles. The van der Waals surface area contributed by atoms with Crippen molar-refractivity contribution in [2.45, 2.75) is 50.4 Å². The molecule has 1 saturated heterocycles. The number of alkyl halides is 6. The fourth-order valence-electron chi connectivity index (χ4n) is 3.80. The van der Waals surface area contributed by atoms with Crippen molar-refractivity contribution >= 4 is 23.3 Å². The zero-order valence-electron chi connectivity index (χ0n) is 18.1. The number of carboxylic acid groups (broad SMARTS) is 2. The number of nitrogens with zero attached hydrogens (tertiary/aromatic N) is 3. The van der Waals surface area contributed by atoms with E-state index in [1.165, 1.54) is 17.8 Å². The average Bonchev–Trinajstić information content (AvgIpc) is 3.51. The lowest BCUT2D eigenvalue weighted by atomic mass is 10.0. The summed E-state index contributed by atoms with van der Waals surface area (Å²) in [4.78, 5) is 24.8. The van der Waals surface area contributed by atoms with Crippen molar-refractivity contribution in [2.24, 2.45) is 5.92 Å². The Balaban J connectivity index is 0.000000257. The van der Waals surface area contributed by atoms with Crippen LogP contribution >= 0.6 is 11.3 Å². The van der Waals surface area contributed by atoms with Crippen LogP contribution in [0.3, 0.4) is 0 Å². The smallest absolute Gasteiger partial charge is 0.475 e. The van der Waals surface area contributed by atoms with Crippen molar-refractivity contribution in [2.75, 3.05) is 13.2 Å². The van der Waals surface area contributed by atoms with Gasteiger partial charge in [-0.3, -0.25) is 4.90 Å². The zero-order valence-corrected chi connectivity index (χ0v) is 18.9. The van der Waals surface area contributed by atoms with Gasteiger partial charge in [0.2, 0.25) is 0 Å². The second-order valence-corrected chi connectivity index (χ2v) is 8.60. The second kappa shape index (κ2) is 12.4. The van der Waals surface area contributed by atoms with Crippen LogP contribution in [-0.4, -0.2) is 74.3 Å². The number of rotatable bonds is 4. The van der Waals surface area contributed by atoms with E-state index < -0.39 is 24.3 Å². The number of hydrogen-bond acceptors (Lipinski definition) is 6. The fraction of sp³-hybridized carbons (Fsp3) is 0.550. The normalized spacial score (nSPS) is 22.3. The first-order chi connectivity index (χ1) is 16.3. The van der Waals surface area contributed by atoms with Gasteiger partial charge in [-0.05, 0) is 25.0 Å². The molecule has 1 aliphatic carbocycles. The quantitative estimate of drug-likeness (QED) is 0.577. The highest BCUT2D eigenvalue weighted by molar-refractivity contribution is 7.09. The molecule has 4 rings (SSSR count). The first-order valence-corrected chi connectivity index (χ1v) is 11.1. The van der Waals surface area contributed by atoms with Gasteiger partial charge in [-0.1, -0.05) is 0 Å². The van der Waals surface area contributed by atoms with E-state index in [1.54, 1.807) is 11.3 Å². The summed E-state index contributed by atoms with van der Waals surface area (Å²) in [5, 5.41) is 17.5. The number of aromatic nitrogens is 2. The molecule has 15 heteroatoms. The van der Waals surface area contributed by atoms with Crippen molar-refractivity contribution in [1.29, 1.82) is 0 Å². The van der Waals surface area contributed by atoms with E-state index in [0.717, 1.165) is 26.2 Å². The number of ether oxygens (including phenoxy) is 1. The molecule has 2 aromatic rings. The molecule has 0 spiro atoms. The highest BCUT2D eigenvalue weighted by atomic mass is 32.1. The van der Waals surface area contributed by atoms with Gasteiger partial charge in [0.1, 0.15) is 5.01 Å². The van der Waals surface area contributed by atoms with Crippen LogP contribution in [0.15, 0.2) is 36.1 Å². The van der Waals surface area contributed by atoms with Gasteiger partial charge in [-0.2, -0.15) is 26.3 Å². The molecule has 35 heavy (non-hydrogen) atoms. The zero-order chi connectivity index (χ0) is 26.2. The topological polar surface area (TPSA) is 105 Å². The standard InChI is InChI=1S/C16H21N3OS.2C2HF3O2/c1-2-7-18(6-1)11-13-3-4-14-16(13)20-9-8-19(14)12-15-17-5-10-21-15;2*3-2(4,5)1(6)7/h1-2,5-7,10,13-14,16H,3-4,8-9,11-12H2;2*(H,6,7). The summed E-state index contributed by atoms with van der Waals surface area (Å²) in [6.07, 6.45) is -1.04. The number of hydrogen-bond donors (Lipinski definition) is 2. The third kappa shape index (κ3) is 9.14. The predicted molar refractivity (Wildman–Crippen MR) is 111 cm³/mol. The Hall–Kier alpha value is -2.65. The lowest BCUT2D eigenvalue weighted by molar-refractivity contribution is -0.193. The molecular weight excluding hydrogens is 508 g/mol. The molecule has 1 saturated carbocycles. The SMILES string of the molecule is O=C(O)C(F)(F)F.O=C(O)C(F)(F)F.c1ccn(CC2CCC3C2OCCN3Cc2nccs2)c1. The Bertz CT molecular complexity index is 897. The maximum atomic E-state index is 10.6. The van der Waals surface area contributed by atoms with Gasteiger partial charge < -0.3 is 19.5 Å². The van der Waals surface area contributed by atoms with Gasteiger partial charge >= 0.3 is 24.3 Å². The Morgan fingerprint density at radius 2 is 1.63 bits per heavy atom. The minimum absolute atomic E-state index is 0.390. The van der Waals surface area contributed by atoms with Crippen molar-refractivity contribution in [1.82, 2.24) is 14.5 Å². The van der Waals surface area contributed by atoms with E-state index in [0.29, 0.717) is 18.1 Å². The Morgan fingerprint density at radius 3 is 2.11 bits per heavy atom. The lowest BCUT2D eigenvalue weighted by Gasteiger charge is -2.39. The second-order valence-electron chi connectivity index (χ2n) is 7.62. The van der Waals surface area contributed by atoms with E-state index >= 15 is 0 Å². The van der Waals surface area contributed by atoms with Gasteiger partial charge in [0, 0.05) is 49.0 Å². The minimum atomic E-state index is -5.08. The van der Waals surface area contributed by atoms with Crippen LogP contribution in [0, 0.1) is 5.92 Å². The van der Waals surface area contributed by atoms with E-state index in [4.69, 9.17) is 24.5 Å². The third-order valence-corrected chi connectivity index (χ3v) is 6.02. The number of thiazole rings is 1. The molecular formula is C20H23F6N3O5S. The number of fused-ring (bicyclic) bond motifs is 1. The minimum Gasteiger partial charge on any atom is -0.475 e. The third-order valence-electron chi connectivity index (χ3n) is 5.25. The Labute approximate surface area is 199 Å². The summed E-state index contributed by atoms with van der Waals surface area (Å²) in [5.74, 6) is -4.87. The van der Waals surface area contributed by atoms with Crippen LogP contribution in [0.5, 0.6) is 0 Å². The Kier molecular flexibility index (Phi) is 10.1. The summed E-state index contributed by atoms with van der Waals surface area (Å²) >= 11 is 1.76. The number of morpholine rings is 1. The molecule has 2 aromatic heterocycles. The molecule has 0 bridgehead atoms. The summed E-state index contributed by atoms with van der Waals surface area (Å²) in [6.45, 7) is 3.96. The number of carboxylic acids is 2. The van der Waals surface area contributed by atoms with Crippen LogP contribution in [0.1, 0.15) is 17.8 Å². The average molecular weight is 531 g/mol. The monoisotopic (exact) mass is 531 g/mol. The molecule has 8 nitrogen and oxygen atoms in total. The van der Waals surface area contributed by atoms with Crippen LogP contribution in [-0.2, 0) is 27.4 Å². The van der Waals surface area contributed by atoms with Crippen molar-refractivity contribution in [3.05, 3.63) is 41.1 Å². The maximum Gasteiger partial charge on any atom is 0.490 e. The summed E-state index contributed by atoms with van der Waals surface area (Å²) in [7, 11) is 0. The van der Waals surface area contributed by atoms with E-state index in [-0.39, 0.29) is 0 Å². The number of carbonyl (C=O) groups is 2. The lowest BCUT2D eigenvalue weighted by Crippen LogP contribution is -2.50. The molecule has 196 valence electrons. The van der Waals surface area contributed by atoms with Crippen molar-refractivity contribution < 1.29 is 50.9 Å². The van der Waals surface area contributed by atoms with E-state index in [1.807, 2.05) is 6.20 Å². The van der Waals surface area contributed by atoms with E-state index in [2.05, 4.69) is 44.4 Å². The van der Waals surface area contributed by atoms with Crippen molar-refractivity contribution in [3.8, 4) is 0 Å². The molecule has 0 radical (unpaired) electrons. The summed E-state index contributed by atoms with van der Waals surface area (Å²) in [5.41, 5.74) is 0. The molecule has 2 fully saturated rings. The fourth-order valence-corrected chi connectivity index (χ4v) is 4.44. The molecule has 1 aliphatic heterocycles. The molecule has 0 amide bonds. The van der Waals surface area contributed by atoms with Gasteiger partial charge in [-0.15, -0.1) is 11.3 Å².